The molecule has 4 atom stereocenters. The van der Waals surface area contributed by atoms with E-state index in [4.69, 9.17) is 18.9 Å². The second kappa shape index (κ2) is 16.9. The van der Waals surface area contributed by atoms with Crippen LogP contribution in [0.25, 0.3) is 0 Å². The number of methoxy groups -OCH3 is 2. The number of fused-ring (bicyclic) bond motifs is 1. The third kappa shape index (κ3) is 9.14. The molecule has 10 nitrogen and oxygen atoms in total. The smallest absolute Gasteiger partial charge is 0.224 e. The van der Waals surface area contributed by atoms with Crippen LogP contribution in [0.3, 0.4) is 0 Å². The maximum absolute atomic E-state index is 12.7. The number of carbonyl (C=O) groups is 2. The summed E-state index contributed by atoms with van der Waals surface area (Å²) in [6, 6.07) is 19.8. The van der Waals surface area contributed by atoms with Gasteiger partial charge in [0.25, 0.3) is 0 Å². The number of ether oxygens (including phenoxy) is 4. The number of aliphatic hydroxyl groups excluding tert-OH is 1. The molecule has 0 radical (unpaired) electrons. The molecule has 0 aliphatic carbocycles. The molecular weight excluding hydrogens is 610 g/mol. The Morgan fingerprint density at radius 2 is 1.69 bits per heavy atom. The van der Waals surface area contributed by atoms with Crippen molar-refractivity contribution in [2.75, 3.05) is 39.2 Å². The Kier molecular flexibility index (Phi) is 12.5. The summed E-state index contributed by atoms with van der Waals surface area (Å²) in [5.41, 5.74) is 5.90. The standard InChI is InChI=1S/C38H49N3O7/c1-25-35(23-41-18-16-29-20-33(45-3)34(46-4)21-31(29)22-41)47-38(48-37(25)28-14-12-27(24-42)13-15-28)30-9-8-10-32(19-30)40-36(44)11-6-5-7-17-39-26(2)43/h8-10,12-15,19-21,25,35,37-38,42H,5-7,11,16-18,22-24H2,1-4H3,(H,39,43)(H,40,44)/t25-,35+,37+,38+/m1/s1. The zero-order chi connectivity index (χ0) is 34.0. The maximum Gasteiger partial charge on any atom is 0.224 e. The van der Waals surface area contributed by atoms with E-state index in [-0.39, 0.29) is 36.5 Å². The first kappa shape index (κ1) is 35.3. The fourth-order valence-corrected chi connectivity index (χ4v) is 6.52. The number of carbonyl (C=O) groups excluding carboxylic acids is 2. The van der Waals surface area contributed by atoms with Gasteiger partial charge in [-0.15, -0.1) is 0 Å². The van der Waals surface area contributed by atoms with Crippen molar-refractivity contribution in [3.05, 3.63) is 88.5 Å². The molecule has 0 spiro atoms. The van der Waals surface area contributed by atoms with Crippen LogP contribution in [0.4, 0.5) is 5.69 Å². The van der Waals surface area contributed by atoms with Crippen molar-refractivity contribution < 1.29 is 33.6 Å². The Balaban J connectivity index is 1.29. The van der Waals surface area contributed by atoms with Crippen LogP contribution in [-0.2, 0) is 38.6 Å². The highest BCUT2D eigenvalue weighted by atomic mass is 16.7. The van der Waals surface area contributed by atoms with Crippen molar-refractivity contribution in [2.24, 2.45) is 5.92 Å². The normalized spacial score (nSPS) is 20.9. The lowest BCUT2D eigenvalue weighted by atomic mass is 9.89. The van der Waals surface area contributed by atoms with Crippen molar-refractivity contribution in [2.45, 2.75) is 77.6 Å². The second-order valence-electron chi connectivity index (χ2n) is 12.8. The number of rotatable bonds is 14. The fraction of sp³-hybridized carbons (Fsp3) is 0.474. The van der Waals surface area contributed by atoms with Crippen LogP contribution < -0.4 is 20.1 Å². The highest BCUT2D eigenvalue weighted by Gasteiger charge is 2.39. The van der Waals surface area contributed by atoms with E-state index in [2.05, 4.69) is 34.6 Å². The maximum atomic E-state index is 12.7. The second-order valence-corrected chi connectivity index (χ2v) is 12.8. The molecular formula is C38H49N3O7. The van der Waals surface area contributed by atoms with Gasteiger partial charge in [0, 0.05) is 56.7 Å². The number of anilines is 1. The Morgan fingerprint density at radius 3 is 2.40 bits per heavy atom. The lowest BCUT2D eigenvalue weighted by Crippen LogP contribution is -2.45. The van der Waals surface area contributed by atoms with Gasteiger partial charge in [0.2, 0.25) is 11.8 Å². The van der Waals surface area contributed by atoms with Crippen LogP contribution in [0.5, 0.6) is 11.5 Å². The summed E-state index contributed by atoms with van der Waals surface area (Å²) in [4.78, 5) is 26.2. The van der Waals surface area contributed by atoms with Gasteiger partial charge in [-0.2, -0.15) is 0 Å². The minimum absolute atomic E-state index is 0.0155. The summed E-state index contributed by atoms with van der Waals surface area (Å²) in [6.07, 6.45) is 2.75. The average molecular weight is 660 g/mol. The number of nitrogens with one attached hydrogen (secondary N) is 2. The molecule has 2 heterocycles. The third-order valence-corrected chi connectivity index (χ3v) is 9.26. The predicted octanol–water partition coefficient (Wildman–Crippen LogP) is 5.68. The molecule has 0 unspecified atom stereocenters. The summed E-state index contributed by atoms with van der Waals surface area (Å²) in [5.74, 6) is 1.44. The van der Waals surface area contributed by atoms with Gasteiger partial charge < -0.3 is 34.7 Å². The lowest BCUT2D eigenvalue weighted by molar-refractivity contribution is -0.276. The Bertz CT molecular complexity index is 1530. The monoisotopic (exact) mass is 659 g/mol. The van der Waals surface area contributed by atoms with E-state index >= 15 is 0 Å². The van der Waals surface area contributed by atoms with E-state index in [9.17, 15) is 14.7 Å². The van der Waals surface area contributed by atoms with Crippen LogP contribution in [0.1, 0.15) is 79.7 Å². The Morgan fingerprint density at radius 1 is 0.938 bits per heavy atom. The molecule has 0 aromatic heterocycles. The van der Waals surface area contributed by atoms with Crippen molar-refractivity contribution in [1.82, 2.24) is 10.2 Å². The zero-order valence-electron chi connectivity index (χ0n) is 28.5. The van der Waals surface area contributed by atoms with E-state index in [0.717, 1.165) is 73.5 Å². The van der Waals surface area contributed by atoms with Crippen LogP contribution in [0.15, 0.2) is 60.7 Å². The topological polar surface area (TPSA) is 119 Å². The number of unbranched alkanes of at least 4 members (excludes halogenated alkanes) is 2. The fourth-order valence-electron chi connectivity index (χ4n) is 6.52. The van der Waals surface area contributed by atoms with Crippen LogP contribution >= 0.6 is 0 Å². The molecule has 0 saturated carbocycles. The molecule has 1 fully saturated rings. The Hall–Kier alpha value is -3.96. The van der Waals surface area contributed by atoms with Gasteiger partial charge >= 0.3 is 0 Å². The van der Waals surface area contributed by atoms with Crippen LogP contribution in [0, 0.1) is 5.92 Å². The first-order valence-electron chi connectivity index (χ1n) is 16.9. The number of aliphatic hydroxyl groups is 1. The summed E-state index contributed by atoms with van der Waals surface area (Å²) < 4.78 is 24.5. The van der Waals surface area contributed by atoms with Gasteiger partial charge in [-0.3, -0.25) is 14.5 Å². The molecule has 2 aliphatic heterocycles. The van der Waals surface area contributed by atoms with Gasteiger partial charge in [-0.1, -0.05) is 49.7 Å². The molecule has 3 N–H and O–H groups in total. The quantitative estimate of drug-likeness (QED) is 0.189. The van der Waals surface area contributed by atoms with E-state index in [1.165, 1.54) is 18.1 Å². The molecule has 2 amide bonds. The first-order valence-corrected chi connectivity index (χ1v) is 16.9. The minimum Gasteiger partial charge on any atom is -0.493 e. The number of hydrogen-bond acceptors (Lipinski definition) is 8. The van der Waals surface area contributed by atoms with E-state index in [1.807, 2.05) is 48.5 Å². The molecule has 3 aromatic rings. The van der Waals surface area contributed by atoms with Gasteiger partial charge in [-0.25, -0.2) is 0 Å². The van der Waals surface area contributed by atoms with Crippen molar-refractivity contribution >= 4 is 17.5 Å². The van der Waals surface area contributed by atoms with E-state index in [1.54, 1.807) is 14.2 Å². The molecule has 10 heteroatoms. The van der Waals surface area contributed by atoms with Crippen molar-refractivity contribution in [3.8, 4) is 11.5 Å². The van der Waals surface area contributed by atoms with Crippen LogP contribution in [-0.4, -0.2) is 61.8 Å². The minimum atomic E-state index is -0.638. The molecule has 3 aromatic carbocycles. The van der Waals surface area contributed by atoms with Crippen molar-refractivity contribution in [1.29, 1.82) is 0 Å². The predicted molar refractivity (Wildman–Crippen MR) is 184 cm³/mol. The SMILES string of the molecule is COc1cc2c(cc1OC)CN(C[C@@H]1O[C@H](c3cccc(NC(=O)CCCCCNC(C)=O)c3)O[C@H](c3ccc(CO)cc3)[C@@H]1C)CC2. The lowest BCUT2D eigenvalue weighted by Gasteiger charge is -2.43. The van der Waals surface area contributed by atoms with E-state index < -0.39 is 6.29 Å². The van der Waals surface area contributed by atoms with Crippen molar-refractivity contribution in [3.63, 3.8) is 0 Å². The molecule has 48 heavy (non-hydrogen) atoms. The number of nitrogens with zero attached hydrogens (tertiary/aromatic N) is 1. The third-order valence-electron chi connectivity index (χ3n) is 9.26. The molecule has 1 saturated heterocycles. The number of benzene rings is 3. The van der Waals surface area contributed by atoms with Crippen LogP contribution in [0.2, 0.25) is 0 Å². The Labute approximate surface area is 283 Å². The average Bonchev–Trinajstić information content (AvgIpc) is 3.10. The summed E-state index contributed by atoms with van der Waals surface area (Å²) in [6.45, 7) is 6.68. The number of hydrogen-bond donors (Lipinski definition) is 3. The van der Waals surface area contributed by atoms with Gasteiger partial charge in [0.1, 0.15) is 0 Å². The molecule has 258 valence electrons. The summed E-state index contributed by atoms with van der Waals surface area (Å²) >= 11 is 0. The van der Waals surface area contributed by atoms with Gasteiger partial charge in [0.05, 0.1) is 33.0 Å². The summed E-state index contributed by atoms with van der Waals surface area (Å²) in [5, 5.41) is 15.4. The van der Waals surface area contributed by atoms with Gasteiger partial charge in [-0.05, 0) is 65.8 Å². The highest BCUT2D eigenvalue weighted by Crippen LogP contribution is 2.43. The largest absolute Gasteiger partial charge is 0.493 e. The molecule has 2 aliphatic rings. The highest BCUT2D eigenvalue weighted by molar-refractivity contribution is 5.90. The number of amides is 2. The summed E-state index contributed by atoms with van der Waals surface area (Å²) in [7, 11) is 3.33. The first-order chi connectivity index (χ1) is 23.3. The molecule has 5 rings (SSSR count). The zero-order valence-corrected chi connectivity index (χ0v) is 28.5. The molecule has 0 bridgehead atoms. The van der Waals surface area contributed by atoms with E-state index in [0.29, 0.717) is 18.7 Å². The van der Waals surface area contributed by atoms with Gasteiger partial charge in [0.15, 0.2) is 17.8 Å².